The van der Waals surface area contributed by atoms with Crippen LogP contribution >= 0.6 is 0 Å². The van der Waals surface area contributed by atoms with E-state index in [-0.39, 0.29) is 0 Å². The van der Waals surface area contributed by atoms with Gasteiger partial charge < -0.3 is 0 Å². The summed E-state index contributed by atoms with van der Waals surface area (Å²) >= 11 is 0. The number of unbranched alkanes of at least 4 members (excludes halogenated alkanes) is 3. The smallest absolute Gasteiger partial charge is 0.0621 e. The average Bonchev–Trinajstić information content (AvgIpc) is 2.30. The highest BCUT2D eigenvalue weighted by atomic mass is 14.7. The minimum Gasteiger partial charge on any atom is -0.293 e. The molecule has 0 heterocycles. The van der Waals surface area contributed by atoms with Crippen molar-refractivity contribution in [1.29, 1.82) is 5.26 Å². The molecule has 2 heteroatoms. The molecule has 1 aromatic rings. The fourth-order valence-electron chi connectivity index (χ4n) is 1.48. The van der Waals surface area contributed by atoms with E-state index >= 15 is 0 Å². The maximum Gasteiger partial charge on any atom is 0.0621 e. The third-order valence-corrected chi connectivity index (χ3v) is 2.49. The molecule has 0 fully saturated rings. The SMILES string of the molecule is Cc1ccccc1C=NCCCCCC#N. The van der Waals surface area contributed by atoms with Gasteiger partial charge in [-0.1, -0.05) is 30.7 Å². The minimum atomic E-state index is 0.668. The van der Waals surface area contributed by atoms with Crippen molar-refractivity contribution >= 4 is 6.21 Å². The number of hydrogen-bond donors (Lipinski definition) is 0. The lowest BCUT2D eigenvalue weighted by Crippen LogP contribution is -1.88. The van der Waals surface area contributed by atoms with Crippen LogP contribution < -0.4 is 0 Å². The lowest BCUT2D eigenvalue weighted by Gasteiger charge is -1.98. The van der Waals surface area contributed by atoms with E-state index in [1.165, 1.54) is 11.1 Å². The van der Waals surface area contributed by atoms with Crippen molar-refractivity contribution in [2.75, 3.05) is 6.54 Å². The van der Waals surface area contributed by atoms with E-state index < -0.39 is 0 Å². The van der Waals surface area contributed by atoms with E-state index in [1.807, 2.05) is 18.3 Å². The predicted molar refractivity (Wildman–Crippen MR) is 67.7 cm³/mol. The maximum atomic E-state index is 8.37. The largest absolute Gasteiger partial charge is 0.293 e. The second-order valence-electron chi connectivity index (χ2n) is 3.86. The molecule has 2 nitrogen and oxygen atoms in total. The topological polar surface area (TPSA) is 36.1 Å². The van der Waals surface area contributed by atoms with Gasteiger partial charge in [0.2, 0.25) is 0 Å². The zero-order chi connectivity index (χ0) is 11.6. The molecule has 0 amide bonds. The van der Waals surface area contributed by atoms with Crippen LogP contribution in [0.2, 0.25) is 0 Å². The van der Waals surface area contributed by atoms with Crippen LogP contribution in [0.3, 0.4) is 0 Å². The second-order valence-corrected chi connectivity index (χ2v) is 3.86. The number of rotatable bonds is 6. The maximum absolute atomic E-state index is 8.37. The van der Waals surface area contributed by atoms with E-state index in [4.69, 9.17) is 5.26 Å². The summed E-state index contributed by atoms with van der Waals surface area (Å²) in [7, 11) is 0. The van der Waals surface area contributed by atoms with Crippen molar-refractivity contribution in [1.82, 2.24) is 0 Å². The van der Waals surface area contributed by atoms with E-state index in [2.05, 4.69) is 30.1 Å². The lowest BCUT2D eigenvalue weighted by molar-refractivity contribution is 0.701. The Morgan fingerprint density at radius 1 is 1.25 bits per heavy atom. The molecular weight excluding hydrogens is 196 g/mol. The monoisotopic (exact) mass is 214 g/mol. The molecule has 0 spiro atoms. The summed E-state index contributed by atoms with van der Waals surface area (Å²) in [5, 5.41) is 8.37. The molecule has 0 aliphatic heterocycles. The van der Waals surface area contributed by atoms with Gasteiger partial charge in [0.05, 0.1) is 6.07 Å². The summed E-state index contributed by atoms with van der Waals surface area (Å²) in [4.78, 5) is 4.39. The molecule has 1 aromatic carbocycles. The molecule has 0 unspecified atom stereocenters. The first-order chi connectivity index (χ1) is 7.84. The standard InChI is InChI=1S/C14H18N2/c1-13-8-4-5-9-14(13)12-16-11-7-3-2-6-10-15/h4-5,8-9,12H,2-3,6-7,11H2,1H3. The van der Waals surface area contributed by atoms with E-state index in [0.29, 0.717) is 6.42 Å². The van der Waals surface area contributed by atoms with Gasteiger partial charge in [-0.2, -0.15) is 5.26 Å². The number of aryl methyl sites for hydroxylation is 1. The molecular formula is C14H18N2. The fourth-order valence-corrected chi connectivity index (χ4v) is 1.48. The third-order valence-electron chi connectivity index (χ3n) is 2.49. The Bertz CT molecular complexity index is 375. The van der Waals surface area contributed by atoms with Gasteiger partial charge in [0.1, 0.15) is 0 Å². The second kappa shape index (κ2) is 7.64. The van der Waals surface area contributed by atoms with E-state index in [9.17, 15) is 0 Å². The van der Waals surface area contributed by atoms with Crippen molar-refractivity contribution in [3.63, 3.8) is 0 Å². The molecule has 0 atom stereocenters. The Morgan fingerprint density at radius 3 is 2.81 bits per heavy atom. The zero-order valence-corrected chi connectivity index (χ0v) is 9.82. The summed E-state index contributed by atoms with van der Waals surface area (Å²) in [6.07, 6.45) is 5.78. The average molecular weight is 214 g/mol. The van der Waals surface area contributed by atoms with Gasteiger partial charge in [-0.15, -0.1) is 0 Å². The van der Waals surface area contributed by atoms with Gasteiger partial charge in [0.15, 0.2) is 0 Å². The highest BCUT2D eigenvalue weighted by molar-refractivity contribution is 5.81. The summed E-state index contributed by atoms with van der Waals surface area (Å²) < 4.78 is 0. The van der Waals surface area contributed by atoms with Gasteiger partial charge in [-0.3, -0.25) is 4.99 Å². The summed E-state index contributed by atoms with van der Waals surface area (Å²) in [5.74, 6) is 0. The summed E-state index contributed by atoms with van der Waals surface area (Å²) in [5.41, 5.74) is 2.45. The van der Waals surface area contributed by atoms with Crippen LogP contribution in [-0.4, -0.2) is 12.8 Å². The fraction of sp³-hybridized carbons (Fsp3) is 0.429. The van der Waals surface area contributed by atoms with Crippen LogP contribution in [0.4, 0.5) is 0 Å². The van der Waals surface area contributed by atoms with Crippen molar-refractivity contribution < 1.29 is 0 Å². The molecule has 16 heavy (non-hydrogen) atoms. The molecule has 84 valence electrons. The van der Waals surface area contributed by atoms with Crippen molar-refractivity contribution in [2.45, 2.75) is 32.6 Å². The van der Waals surface area contributed by atoms with Gasteiger partial charge in [-0.05, 0) is 30.9 Å². The van der Waals surface area contributed by atoms with Crippen LogP contribution in [0.5, 0.6) is 0 Å². The predicted octanol–water partition coefficient (Wildman–Crippen LogP) is 3.50. The molecule has 0 saturated carbocycles. The molecule has 0 bridgehead atoms. The minimum absolute atomic E-state index is 0.668. The number of hydrogen-bond acceptors (Lipinski definition) is 2. The lowest BCUT2D eigenvalue weighted by atomic mass is 10.1. The van der Waals surface area contributed by atoms with Crippen molar-refractivity contribution in [3.05, 3.63) is 35.4 Å². The molecule has 0 radical (unpaired) electrons. The number of nitriles is 1. The number of aliphatic imine (C=N–C) groups is 1. The van der Waals surface area contributed by atoms with Gasteiger partial charge in [-0.25, -0.2) is 0 Å². The van der Waals surface area contributed by atoms with Gasteiger partial charge in [0.25, 0.3) is 0 Å². The number of benzene rings is 1. The number of nitrogens with zero attached hydrogens (tertiary/aromatic N) is 2. The molecule has 0 N–H and O–H groups in total. The van der Waals surface area contributed by atoms with Crippen LogP contribution in [-0.2, 0) is 0 Å². The Kier molecular flexibility index (Phi) is 5.95. The van der Waals surface area contributed by atoms with Crippen LogP contribution in [0.25, 0.3) is 0 Å². The Hall–Kier alpha value is -1.62. The molecule has 1 rings (SSSR count). The Morgan fingerprint density at radius 2 is 2.06 bits per heavy atom. The molecule has 0 saturated heterocycles. The first-order valence-electron chi connectivity index (χ1n) is 5.77. The first-order valence-corrected chi connectivity index (χ1v) is 5.77. The summed E-state index contributed by atoms with van der Waals surface area (Å²) in [6, 6.07) is 10.4. The van der Waals surface area contributed by atoms with Crippen LogP contribution in [0.15, 0.2) is 29.3 Å². The van der Waals surface area contributed by atoms with Gasteiger partial charge >= 0.3 is 0 Å². The molecule has 0 aliphatic carbocycles. The normalized spacial score (nSPS) is 10.5. The van der Waals surface area contributed by atoms with Crippen LogP contribution in [0, 0.1) is 18.3 Å². The summed E-state index contributed by atoms with van der Waals surface area (Å²) in [6.45, 7) is 2.95. The molecule has 0 aliphatic rings. The molecule has 0 aromatic heterocycles. The Balaban J connectivity index is 2.23. The first kappa shape index (κ1) is 12.4. The van der Waals surface area contributed by atoms with E-state index in [1.54, 1.807) is 0 Å². The highest BCUT2D eigenvalue weighted by Crippen LogP contribution is 2.04. The third kappa shape index (κ3) is 4.75. The van der Waals surface area contributed by atoms with Crippen LogP contribution in [0.1, 0.15) is 36.8 Å². The Labute approximate surface area is 97.6 Å². The van der Waals surface area contributed by atoms with Crippen molar-refractivity contribution in [2.24, 2.45) is 4.99 Å². The highest BCUT2D eigenvalue weighted by Gasteiger charge is 1.91. The van der Waals surface area contributed by atoms with E-state index in [0.717, 1.165) is 25.8 Å². The quantitative estimate of drug-likeness (QED) is 0.527. The van der Waals surface area contributed by atoms with Gasteiger partial charge in [0, 0.05) is 19.2 Å². The zero-order valence-electron chi connectivity index (χ0n) is 9.82. The van der Waals surface area contributed by atoms with Crippen molar-refractivity contribution in [3.8, 4) is 6.07 Å².